The zero-order valence-corrected chi connectivity index (χ0v) is 11.3. The third-order valence-electron chi connectivity index (χ3n) is 2.64. The van der Waals surface area contributed by atoms with Gasteiger partial charge in [0.1, 0.15) is 0 Å². The summed E-state index contributed by atoms with van der Waals surface area (Å²) in [7, 11) is 0. The Morgan fingerprint density at radius 3 is 2.83 bits per heavy atom. The summed E-state index contributed by atoms with van der Waals surface area (Å²) in [6.45, 7) is 4.55. The Morgan fingerprint density at radius 2 is 2.11 bits per heavy atom. The van der Waals surface area contributed by atoms with Gasteiger partial charge >= 0.3 is 6.03 Å². The number of hydrogen-bond donors (Lipinski definition) is 2. The first-order chi connectivity index (χ1) is 8.65. The highest BCUT2D eigenvalue weighted by Gasteiger charge is 2.04. The van der Waals surface area contributed by atoms with E-state index in [0.717, 1.165) is 21.7 Å². The van der Waals surface area contributed by atoms with Crippen LogP contribution in [0.15, 0.2) is 35.7 Å². The summed E-state index contributed by atoms with van der Waals surface area (Å²) >= 11 is 1.63. The number of carbonyl (C=O) groups excluding carboxylic acids is 1. The molecule has 0 bridgehead atoms. The van der Waals surface area contributed by atoms with E-state index < -0.39 is 0 Å². The minimum absolute atomic E-state index is 0.169. The molecule has 94 valence electrons. The molecule has 2 amide bonds. The smallest absolute Gasteiger partial charge is 0.319 e. The number of hydrogen-bond acceptors (Lipinski definition) is 2. The quantitative estimate of drug-likeness (QED) is 0.868. The average molecular weight is 260 g/mol. The Hall–Kier alpha value is -1.81. The van der Waals surface area contributed by atoms with Gasteiger partial charge in [0.2, 0.25) is 0 Å². The molecule has 1 aromatic heterocycles. The summed E-state index contributed by atoms with van der Waals surface area (Å²) in [5, 5.41) is 7.71. The Balaban J connectivity index is 1.92. The third kappa shape index (κ3) is 3.34. The topological polar surface area (TPSA) is 41.1 Å². The molecule has 0 saturated heterocycles. The predicted molar refractivity (Wildman–Crippen MR) is 76.1 cm³/mol. The van der Waals surface area contributed by atoms with Crippen molar-refractivity contribution in [2.24, 2.45) is 0 Å². The first-order valence-electron chi connectivity index (χ1n) is 5.79. The number of nitrogens with one attached hydrogen (secondary N) is 2. The van der Waals surface area contributed by atoms with Crippen LogP contribution in [-0.2, 0) is 6.54 Å². The number of aryl methyl sites for hydroxylation is 2. The summed E-state index contributed by atoms with van der Waals surface area (Å²) in [4.78, 5) is 12.9. The van der Waals surface area contributed by atoms with Gasteiger partial charge < -0.3 is 10.6 Å². The highest BCUT2D eigenvalue weighted by Crippen LogP contribution is 2.16. The summed E-state index contributed by atoms with van der Waals surface area (Å²) < 4.78 is 0. The zero-order valence-electron chi connectivity index (χ0n) is 10.5. The molecule has 0 radical (unpaired) electrons. The van der Waals surface area contributed by atoms with Crippen LogP contribution in [0.25, 0.3) is 0 Å². The summed E-state index contributed by atoms with van der Waals surface area (Å²) in [6.07, 6.45) is 0. The van der Waals surface area contributed by atoms with E-state index in [2.05, 4.69) is 10.6 Å². The van der Waals surface area contributed by atoms with Crippen LogP contribution in [0.3, 0.4) is 0 Å². The van der Waals surface area contributed by atoms with Gasteiger partial charge in [-0.3, -0.25) is 0 Å². The standard InChI is InChI=1S/C14H16N2OS/c1-10-5-6-11(2)13(8-10)16-14(17)15-9-12-4-3-7-18-12/h3-8H,9H2,1-2H3,(H2,15,16,17). The van der Waals surface area contributed by atoms with Crippen molar-refractivity contribution >= 4 is 23.1 Å². The van der Waals surface area contributed by atoms with Crippen LogP contribution in [0.1, 0.15) is 16.0 Å². The molecule has 2 rings (SSSR count). The van der Waals surface area contributed by atoms with E-state index in [9.17, 15) is 4.79 Å². The van der Waals surface area contributed by atoms with E-state index in [1.807, 2.05) is 49.6 Å². The van der Waals surface area contributed by atoms with E-state index in [1.54, 1.807) is 11.3 Å². The Labute approximate surface area is 111 Å². The molecule has 2 N–H and O–H groups in total. The van der Waals surface area contributed by atoms with Gasteiger partial charge in [0, 0.05) is 10.6 Å². The van der Waals surface area contributed by atoms with E-state index in [4.69, 9.17) is 0 Å². The van der Waals surface area contributed by atoms with Gasteiger partial charge in [-0.15, -0.1) is 11.3 Å². The molecule has 1 heterocycles. The first kappa shape index (κ1) is 12.6. The molecule has 2 aromatic rings. The van der Waals surface area contributed by atoms with Gasteiger partial charge in [-0.2, -0.15) is 0 Å². The van der Waals surface area contributed by atoms with Crippen molar-refractivity contribution in [1.82, 2.24) is 5.32 Å². The largest absolute Gasteiger partial charge is 0.333 e. The van der Waals surface area contributed by atoms with Crippen LogP contribution >= 0.6 is 11.3 Å². The van der Waals surface area contributed by atoms with E-state index >= 15 is 0 Å². The number of anilines is 1. The van der Waals surface area contributed by atoms with Crippen molar-refractivity contribution in [2.45, 2.75) is 20.4 Å². The van der Waals surface area contributed by atoms with Crippen molar-refractivity contribution in [1.29, 1.82) is 0 Å². The maximum Gasteiger partial charge on any atom is 0.319 e. The van der Waals surface area contributed by atoms with Crippen LogP contribution in [0, 0.1) is 13.8 Å². The minimum atomic E-state index is -0.169. The monoisotopic (exact) mass is 260 g/mol. The molecule has 0 atom stereocenters. The van der Waals surface area contributed by atoms with Crippen LogP contribution in [0.5, 0.6) is 0 Å². The van der Waals surface area contributed by atoms with Crippen molar-refractivity contribution in [3.05, 3.63) is 51.7 Å². The van der Waals surface area contributed by atoms with Crippen LogP contribution in [0.2, 0.25) is 0 Å². The Kier molecular flexibility index (Phi) is 3.99. The van der Waals surface area contributed by atoms with E-state index in [1.165, 1.54) is 0 Å². The summed E-state index contributed by atoms with van der Waals surface area (Å²) in [5.74, 6) is 0. The summed E-state index contributed by atoms with van der Waals surface area (Å²) in [6, 6.07) is 9.82. The fraction of sp³-hybridized carbons (Fsp3) is 0.214. The molecule has 1 aromatic carbocycles. The first-order valence-corrected chi connectivity index (χ1v) is 6.67. The molecule has 0 unspecified atom stereocenters. The number of thiophene rings is 1. The van der Waals surface area contributed by atoms with Crippen molar-refractivity contribution in [2.75, 3.05) is 5.32 Å². The number of urea groups is 1. The second-order valence-electron chi connectivity index (χ2n) is 4.21. The van der Waals surface area contributed by atoms with Crippen molar-refractivity contribution in [3.63, 3.8) is 0 Å². The molecule has 0 aliphatic heterocycles. The lowest BCUT2D eigenvalue weighted by atomic mass is 10.1. The molecule has 18 heavy (non-hydrogen) atoms. The van der Waals surface area contributed by atoms with E-state index in [0.29, 0.717) is 6.54 Å². The third-order valence-corrected chi connectivity index (χ3v) is 3.52. The molecule has 0 fully saturated rings. The molecule has 3 nitrogen and oxygen atoms in total. The van der Waals surface area contributed by atoms with Gasteiger partial charge in [0.15, 0.2) is 0 Å². The predicted octanol–water partition coefficient (Wildman–Crippen LogP) is 3.69. The molecule has 0 aliphatic rings. The fourth-order valence-electron chi connectivity index (χ4n) is 1.62. The van der Waals surface area contributed by atoms with Crippen molar-refractivity contribution in [3.8, 4) is 0 Å². The number of carbonyl (C=O) groups is 1. The molecule has 0 aliphatic carbocycles. The van der Waals surface area contributed by atoms with Gasteiger partial charge in [-0.25, -0.2) is 4.79 Å². The normalized spacial score (nSPS) is 10.1. The molecule has 0 saturated carbocycles. The number of rotatable bonds is 3. The average Bonchev–Trinajstić information content (AvgIpc) is 2.84. The van der Waals surface area contributed by atoms with Gasteiger partial charge in [0.05, 0.1) is 6.54 Å². The lowest BCUT2D eigenvalue weighted by molar-refractivity contribution is 0.252. The van der Waals surface area contributed by atoms with Gasteiger partial charge in [-0.05, 0) is 42.5 Å². The number of amides is 2. The van der Waals surface area contributed by atoms with Gasteiger partial charge in [0.25, 0.3) is 0 Å². The zero-order chi connectivity index (χ0) is 13.0. The second-order valence-corrected chi connectivity index (χ2v) is 5.24. The maximum absolute atomic E-state index is 11.8. The highest BCUT2D eigenvalue weighted by molar-refractivity contribution is 7.09. The van der Waals surface area contributed by atoms with Crippen LogP contribution in [-0.4, -0.2) is 6.03 Å². The maximum atomic E-state index is 11.8. The van der Waals surface area contributed by atoms with Crippen LogP contribution < -0.4 is 10.6 Å². The SMILES string of the molecule is Cc1ccc(C)c(NC(=O)NCc2cccs2)c1. The van der Waals surface area contributed by atoms with Gasteiger partial charge in [-0.1, -0.05) is 18.2 Å². The minimum Gasteiger partial charge on any atom is -0.333 e. The fourth-order valence-corrected chi connectivity index (χ4v) is 2.26. The lowest BCUT2D eigenvalue weighted by Crippen LogP contribution is -2.28. The van der Waals surface area contributed by atoms with E-state index in [-0.39, 0.29) is 6.03 Å². The van der Waals surface area contributed by atoms with Crippen LogP contribution in [0.4, 0.5) is 10.5 Å². The molecular weight excluding hydrogens is 244 g/mol. The second kappa shape index (κ2) is 5.69. The molecular formula is C14H16N2OS. The lowest BCUT2D eigenvalue weighted by Gasteiger charge is -2.10. The van der Waals surface area contributed by atoms with Crippen molar-refractivity contribution < 1.29 is 4.79 Å². The Bertz CT molecular complexity index is 535. The molecule has 0 spiro atoms. The molecule has 4 heteroatoms. The number of benzene rings is 1. The Morgan fingerprint density at radius 1 is 1.28 bits per heavy atom. The summed E-state index contributed by atoms with van der Waals surface area (Å²) in [5.41, 5.74) is 3.06. The highest BCUT2D eigenvalue weighted by atomic mass is 32.1.